The van der Waals surface area contributed by atoms with Crippen molar-refractivity contribution in [3.63, 3.8) is 0 Å². The van der Waals surface area contributed by atoms with Crippen LogP contribution in [0.1, 0.15) is 6.92 Å². The summed E-state index contributed by atoms with van der Waals surface area (Å²) in [6, 6.07) is 0. The van der Waals surface area contributed by atoms with Crippen LogP contribution in [0.4, 0.5) is 4.79 Å². The Balaban J connectivity index is 2.30. The number of carbonyl (C=O) groups excluding carboxylic acids is 1. The highest BCUT2D eigenvalue weighted by atomic mass is 16.6. The van der Waals surface area contributed by atoms with Gasteiger partial charge in [-0.05, 0) is 14.0 Å². The van der Waals surface area contributed by atoms with Gasteiger partial charge in [0.25, 0.3) is 0 Å². The molecule has 0 aromatic heterocycles. The van der Waals surface area contributed by atoms with Gasteiger partial charge in [-0.1, -0.05) is 0 Å². The summed E-state index contributed by atoms with van der Waals surface area (Å²) in [4.78, 5) is 15.1. The molecule has 5 heteroatoms. The van der Waals surface area contributed by atoms with E-state index in [0.29, 0.717) is 13.2 Å². The molecule has 15 heavy (non-hydrogen) atoms. The lowest BCUT2D eigenvalue weighted by Gasteiger charge is -2.32. The van der Waals surface area contributed by atoms with Crippen LogP contribution in [0.3, 0.4) is 0 Å². The van der Waals surface area contributed by atoms with E-state index in [9.17, 15) is 4.79 Å². The quantitative estimate of drug-likeness (QED) is 0.685. The van der Waals surface area contributed by atoms with Crippen LogP contribution in [0.2, 0.25) is 0 Å². The van der Waals surface area contributed by atoms with E-state index in [1.54, 1.807) is 18.9 Å². The Morgan fingerprint density at radius 1 is 1.67 bits per heavy atom. The Kier molecular flexibility index (Phi) is 4.84. The van der Waals surface area contributed by atoms with Gasteiger partial charge in [0.05, 0.1) is 25.9 Å². The summed E-state index contributed by atoms with van der Waals surface area (Å²) >= 11 is 0. The van der Waals surface area contributed by atoms with Gasteiger partial charge in [-0.25, -0.2) is 4.79 Å². The monoisotopic (exact) mass is 216 g/mol. The van der Waals surface area contributed by atoms with Crippen LogP contribution in [0, 0.1) is 0 Å². The van der Waals surface area contributed by atoms with Crippen molar-refractivity contribution < 1.29 is 14.3 Å². The zero-order chi connectivity index (χ0) is 11.3. The third-order valence-electron chi connectivity index (χ3n) is 2.40. The number of amides is 1. The molecule has 0 aromatic rings. The van der Waals surface area contributed by atoms with Crippen molar-refractivity contribution in [3.05, 3.63) is 0 Å². The normalized spacial score (nSPS) is 22.5. The standard InChI is InChI=1S/C10H20N2O3/c1-4-14-10(13)12(3)8-9-7-11(2)5-6-15-9/h9H,4-8H2,1-3H3. The van der Waals surface area contributed by atoms with Gasteiger partial charge in [0.2, 0.25) is 0 Å². The lowest BCUT2D eigenvalue weighted by Crippen LogP contribution is -2.46. The second-order valence-corrected chi connectivity index (χ2v) is 3.83. The lowest BCUT2D eigenvalue weighted by molar-refractivity contribution is -0.0318. The smallest absolute Gasteiger partial charge is 0.409 e. The maximum absolute atomic E-state index is 11.3. The molecule has 0 aromatic carbocycles. The highest BCUT2D eigenvalue weighted by molar-refractivity contribution is 5.67. The third kappa shape index (κ3) is 4.05. The Hall–Kier alpha value is -0.810. The van der Waals surface area contributed by atoms with Gasteiger partial charge in [0.1, 0.15) is 0 Å². The number of hydrogen-bond acceptors (Lipinski definition) is 4. The van der Waals surface area contributed by atoms with Gasteiger partial charge in [0, 0.05) is 20.1 Å². The summed E-state index contributed by atoms with van der Waals surface area (Å²) in [5.41, 5.74) is 0. The van der Waals surface area contributed by atoms with Crippen molar-refractivity contribution >= 4 is 6.09 Å². The van der Waals surface area contributed by atoms with E-state index in [2.05, 4.69) is 11.9 Å². The summed E-state index contributed by atoms with van der Waals surface area (Å²) in [5, 5.41) is 0. The topological polar surface area (TPSA) is 42.0 Å². The van der Waals surface area contributed by atoms with E-state index in [1.807, 2.05) is 0 Å². The van der Waals surface area contributed by atoms with Gasteiger partial charge in [-0.2, -0.15) is 0 Å². The minimum atomic E-state index is -0.283. The van der Waals surface area contributed by atoms with Crippen LogP contribution in [0.15, 0.2) is 0 Å². The van der Waals surface area contributed by atoms with Gasteiger partial charge < -0.3 is 19.3 Å². The number of rotatable bonds is 3. The fourth-order valence-electron chi connectivity index (χ4n) is 1.59. The summed E-state index contributed by atoms with van der Waals surface area (Å²) in [6.07, 6.45) is -0.188. The Morgan fingerprint density at radius 3 is 3.00 bits per heavy atom. The van der Waals surface area contributed by atoms with Gasteiger partial charge in [0.15, 0.2) is 0 Å². The van der Waals surface area contributed by atoms with E-state index in [-0.39, 0.29) is 12.2 Å². The van der Waals surface area contributed by atoms with Crippen molar-refractivity contribution in [1.82, 2.24) is 9.80 Å². The predicted molar refractivity (Wildman–Crippen MR) is 56.9 cm³/mol. The third-order valence-corrected chi connectivity index (χ3v) is 2.40. The zero-order valence-corrected chi connectivity index (χ0v) is 9.73. The molecule has 88 valence electrons. The molecule has 1 rings (SSSR count). The molecule has 1 amide bonds. The first-order valence-electron chi connectivity index (χ1n) is 5.31. The molecule has 0 aliphatic carbocycles. The number of morpholine rings is 1. The fourth-order valence-corrected chi connectivity index (χ4v) is 1.59. The largest absolute Gasteiger partial charge is 0.450 e. The van der Waals surface area contributed by atoms with Crippen molar-refractivity contribution in [2.45, 2.75) is 13.0 Å². The molecule has 1 saturated heterocycles. The lowest BCUT2D eigenvalue weighted by atomic mass is 10.3. The first kappa shape index (κ1) is 12.3. The molecule has 0 N–H and O–H groups in total. The maximum atomic E-state index is 11.3. The molecule has 1 heterocycles. The first-order chi connectivity index (χ1) is 7.13. The maximum Gasteiger partial charge on any atom is 0.409 e. The SMILES string of the molecule is CCOC(=O)N(C)CC1CN(C)CCO1. The number of hydrogen-bond donors (Lipinski definition) is 0. The number of likely N-dealkylation sites (N-methyl/N-ethyl adjacent to an activating group) is 2. The molecule has 1 unspecified atom stereocenters. The number of nitrogens with zero attached hydrogens (tertiary/aromatic N) is 2. The van der Waals surface area contributed by atoms with E-state index in [0.717, 1.165) is 19.7 Å². The Bertz CT molecular complexity index is 211. The van der Waals surface area contributed by atoms with Crippen LogP contribution in [-0.4, -0.2) is 68.9 Å². The average molecular weight is 216 g/mol. The van der Waals surface area contributed by atoms with Crippen molar-refractivity contribution in [3.8, 4) is 0 Å². The van der Waals surface area contributed by atoms with Crippen LogP contribution in [-0.2, 0) is 9.47 Å². The van der Waals surface area contributed by atoms with Crippen molar-refractivity contribution in [2.75, 3.05) is 46.9 Å². The predicted octanol–water partition coefficient (Wildman–Crippen LogP) is 0.405. The van der Waals surface area contributed by atoms with Gasteiger partial charge >= 0.3 is 6.09 Å². The molecule has 0 bridgehead atoms. The van der Waals surface area contributed by atoms with Gasteiger partial charge in [-0.3, -0.25) is 0 Å². The summed E-state index contributed by atoms with van der Waals surface area (Å²) in [6.45, 7) is 5.36. The summed E-state index contributed by atoms with van der Waals surface area (Å²) in [5.74, 6) is 0. The van der Waals surface area contributed by atoms with Gasteiger partial charge in [-0.15, -0.1) is 0 Å². The average Bonchev–Trinajstić information content (AvgIpc) is 2.18. The zero-order valence-electron chi connectivity index (χ0n) is 9.73. The molecular weight excluding hydrogens is 196 g/mol. The second kappa shape index (κ2) is 5.92. The van der Waals surface area contributed by atoms with Crippen LogP contribution in [0.25, 0.3) is 0 Å². The van der Waals surface area contributed by atoms with Crippen molar-refractivity contribution in [1.29, 1.82) is 0 Å². The van der Waals surface area contributed by atoms with Crippen molar-refractivity contribution in [2.24, 2.45) is 0 Å². The van der Waals surface area contributed by atoms with Crippen LogP contribution in [0.5, 0.6) is 0 Å². The summed E-state index contributed by atoms with van der Waals surface area (Å²) < 4.78 is 10.4. The molecule has 0 spiro atoms. The minimum Gasteiger partial charge on any atom is -0.450 e. The van der Waals surface area contributed by atoms with E-state index < -0.39 is 0 Å². The second-order valence-electron chi connectivity index (χ2n) is 3.83. The molecule has 1 aliphatic rings. The fraction of sp³-hybridized carbons (Fsp3) is 0.900. The molecule has 0 saturated carbocycles. The first-order valence-corrected chi connectivity index (χ1v) is 5.31. The Morgan fingerprint density at radius 2 is 2.40 bits per heavy atom. The molecule has 0 radical (unpaired) electrons. The van der Waals surface area contributed by atoms with E-state index in [4.69, 9.17) is 9.47 Å². The molecular formula is C10H20N2O3. The molecule has 1 aliphatic heterocycles. The summed E-state index contributed by atoms with van der Waals surface area (Å²) in [7, 11) is 3.79. The van der Waals surface area contributed by atoms with Crippen LogP contribution < -0.4 is 0 Å². The highest BCUT2D eigenvalue weighted by Gasteiger charge is 2.21. The molecule has 1 fully saturated rings. The molecule has 5 nitrogen and oxygen atoms in total. The number of carbonyl (C=O) groups is 1. The Labute approximate surface area is 90.9 Å². The number of ether oxygens (including phenoxy) is 2. The highest BCUT2D eigenvalue weighted by Crippen LogP contribution is 2.05. The molecule has 1 atom stereocenters. The van der Waals surface area contributed by atoms with E-state index in [1.165, 1.54) is 0 Å². The van der Waals surface area contributed by atoms with Crippen LogP contribution >= 0.6 is 0 Å². The minimum absolute atomic E-state index is 0.0955. The van der Waals surface area contributed by atoms with E-state index >= 15 is 0 Å².